The molecule has 208 valence electrons. The number of likely N-dealkylation sites (tertiary alicyclic amines) is 2. The van der Waals surface area contributed by atoms with E-state index in [1.165, 1.54) is 51.6 Å². The number of carbonyl (C=O) groups excluding carboxylic acids is 2. The van der Waals surface area contributed by atoms with Crippen molar-refractivity contribution >= 4 is 17.6 Å². The van der Waals surface area contributed by atoms with Crippen LogP contribution in [0.15, 0.2) is 0 Å². The molecule has 8 nitrogen and oxygen atoms in total. The van der Waals surface area contributed by atoms with Gasteiger partial charge >= 0.3 is 0 Å². The molecular weight excluding hydrogens is 464 g/mol. The van der Waals surface area contributed by atoms with Crippen molar-refractivity contribution in [3.63, 3.8) is 0 Å². The molecule has 8 heteroatoms. The first kappa shape index (κ1) is 26.9. The maximum Gasteiger partial charge on any atom is 0.237 e. The van der Waals surface area contributed by atoms with Crippen molar-refractivity contribution in [1.82, 2.24) is 15.1 Å². The summed E-state index contributed by atoms with van der Waals surface area (Å²) in [6.45, 7) is 4.28. The van der Waals surface area contributed by atoms with Crippen LogP contribution < -0.4 is 16.8 Å². The largest absolute Gasteiger partial charge is 0.387 e. The number of amidine groups is 1. The smallest absolute Gasteiger partial charge is 0.237 e. The lowest BCUT2D eigenvalue weighted by molar-refractivity contribution is -0.126. The minimum absolute atomic E-state index is 0.0130. The van der Waals surface area contributed by atoms with Gasteiger partial charge in [0.15, 0.2) is 0 Å². The van der Waals surface area contributed by atoms with Crippen LogP contribution in [0.5, 0.6) is 0 Å². The fourth-order valence-electron chi connectivity index (χ4n) is 8.46. The summed E-state index contributed by atoms with van der Waals surface area (Å²) in [5.41, 5.74) is 11.5. The second-order valence-electron chi connectivity index (χ2n) is 13.0. The third-order valence-corrected chi connectivity index (χ3v) is 10.8. The summed E-state index contributed by atoms with van der Waals surface area (Å²) in [7, 11) is 0. The fraction of sp³-hybridized carbons (Fsp3) is 0.897. The summed E-state index contributed by atoms with van der Waals surface area (Å²) in [6, 6.07) is 1.03. The number of amides is 2. The molecule has 4 atom stereocenters. The van der Waals surface area contributed by atoms with E-state index in [-0.39, 0.29) is 29.7 Å². The lowest BCUT2D eigenvalue weighted by atomic mass is 9.77. The van der Waals surface area contributed by atoms with Crippen molar-refractivity contribution in [2.75, 3.05) is 26.2 Å². The van der Waals surface area contributed by atoms with Crippen LogP contribution >= 0.6 is 0 Å². The lowest BCUT2D eigenvalue weighted by Crippen LogP contribution is -2.50. The molecule has 3 aliphatic carbocycles. The second kappa shape index (κ2) is 12.0. The Bertz CT molecular complexity index is 813. The summed E-state index contributed by atoms with van der Waals surface area (Å²) in [4.78, 5) is 30.5. The minimum atomic E-state index is -0.164. The van der Waals surface area contributed by atoms with Crippen LogP contribution in [0.2, 0.25) is 0 Å². The van der Waals surface area contributed by atoms with Gasteiger partial charge in [-0.3, -0.25) is 19.9 Å². The zero-order valence-corrected chi connectivity index (χ0v) is 22.7. The quantitative estimate of drug-likeness (QED) is 0.292. The third kappa shape index (κ3) is 6.32. The zero-order chi connectivity index (χ0) is 25.9. The molecule has 37 heavy (non-hydrogen) atoms. The van der Waals surface area contributed by atoms with E-state index in [4.69, 9.17) is 16.9 Å². The molecule has 3 saturated carbocycles. The van der Waals surface area contributed by atoms with Gasteiger partial charge in [0, 0.05) is 37.0 Å². The van der Waals surface area contributed by atoms with Crippen LogP contribution in [0.1, 0.15) is 89.9 Å². The molecule has 2 aliphatic heterocycles. The predicted molar refractivity (Wildman–Crippen MR) is 146 cm³/mol. The van der Waals surface area contributed by atoms with Crippen LogP contribution in [0, 0.1) is 35.0 Å². The molecule has 2 heterocycles. The number of hydrogen-bond donors (Lipinski definition) is 4. The molecule has 0 aromatic rings. The van der Waals surface area contributed by atoms with Crippen LogP contribution in [0.25, 0.3) is 0 Å². The molecular formula is C29H50N6O2. The number of hydrogen-bond acceptors (Lipinski definition) is 5. The number of nitrogens with two attached hydrogens (primary N) is 2. The van der Waals surface area contributed by atoms with Crippen molar-refractivity contribution in [3.05, 3.63) is 0 Å². The lowest BCUT2D eigenvalue weighted by Gasteiger charge is -2.39. The Morgan fingerprint density at radius 2 is 1.46 bits per heavy atom. The normalized spacial score (nSPS) is 39.2. The highest BCUT2D eigenvalue weighted by atomic mass is 16.2. The van der Waals surface area contributed by atoms with Crippen LogP contribution in [-0.4, -0.2) is 71.8 Å². The van der Waals surface area contributed by atoms with Gasteiger partial charge in [-0.15, -0.1) is 0 Å². The maximum absolute atomic E-state index is 13.6. The number of fused-ring (bicyclic) bond motifs is 1. The minimum Gasteiger partial charge on any atom is -0.387 e. The molecule has 0 aromatic carbocycles. The average Bonchev–Trinajstić information content (AvgIpc) is 3.56. The Kier molecular flexibility index (Phi) is 8.74. The van der Waals surface area contributed by atoms with Gasteiger partial charge < -0.3 is 21.7 Å². The first-order valence-corrected chi connectivity index (χ1v) is 15.3. The molecule has 4 unspecified atom stereocenters. The maximum atomic E-state index is 13.6. The summed E-state index contributed by atoms with van der Waals surface area (Å²) >= 11 is 0. The number of rotatable bonds is 8. The number of nitrogens with one attached hydrogen (secondary N) is 2. The van der Waals surface area contributed by atoms with E-state index < -0.39 is 0 Å². The van der Waals surface area contributed by atoms with Crippen LogP contribution in [0.4, 0.5) is 0 Å². The molecule has 0 aromatic heterocycles. The standard InChI is InChI=1S/C29H50N6O2/c30-27(31)23-10-9-22-15-26(35(25(22)16-23)18-20-3-7-21(8-4-20)28(32)36)29(37)33-17-19-5-11-24(12-6-19)34-13-1-2-14-34/h19-26H,1-18H2,(H3,30,31)(H2,32,36)(H,33,37). The highest BCUT2D eigenvalue weighted by Crippen LogP contribution is 2.43. The van der Waals surface area contributed by atoms with Gasteiger partial charge in [-0.05, 0) is 121 Å². The molecule has 0 radical (unpaired) electrons. The number of primary amides is 1. The van der Waals surface area contributed by atoms with E-state index in [0.29, 0.717) is 29.6 Å². The van der Waals surface area contributed by atoms with E-state index in [1.54, 1.807) is 0 Å². The first-order chi connectivity index (χ1) is 17.9. The molecule has 5 rings (SSSR count). The monoisotopic (exact) mass is 514 g/mol. The van der Waals surface area contributed by atoms with Crippen molar-refractivity contribution in [2.45, 2.75) is 108 Å². The van der Waals surface area contributed by atoms with Crippen molar-refractivity contribution in [2.24, 2.45) is 41.1 Å². The Morgan fingerprint density at radius 3 is 2.11 bits per heavy atom. The van der Waals surface area contributed by atoms with Gasteiger partial charge in [-0.25, -0.2) is 0 Å². The number of carbonyl (C=O) groups is 2. The summed E-state index contributed by atoms with van der Waals surface area (Å²) in [5.74, 6) is 2.13. The molecule has 5 aliphatic rings. The third-order valence-electron chi connectivity index (χ3n) is 10.8. The SMILES string of the molecule is N=C(N)C1CCC2CC(C(=O)NCC3CCC(N4CCCC4)CC3)N(CC3CCC(C(N)=O)CC3)C2C1. The first-order valence-electron chi connectivity index (χ1n) is 15.3. The Morgan fingerprint density at radius 1 is 0.811 bits per heavy atom. The summed E-state index contributed by atoms with van der Waals surface area (Å²) < 4.78 is 0. The predicted octanol–water partition coefficient (Wildman–Crippen LogP) is 2.84. The van der Waals surface area contributed by atoms with Crippen molar-refractivity contribution in [1.29, 1.82) is 5.41 Å². The topological polar surface area (TPSA) is 129 Å². The Labute approximate surface area is 223 Å². The highest BCUT2D eigenvalue weighted by molar-refractivity contribution is 5.82. The van der Waals surface area contributed by atoms with Crippen LogP contribution in [0.3, 0.4) is 0 Å². The van der Waals surface area contributed by atoms with E-state index in [9.17, 15) is 9.59 Å². The summed E-state index contributed by atoms with van der Waals surface area (Å²) in [6.07, 6.45) is 15.3. The van der Waals surface area contributed by atoms with Gasteiger partial charge in [0.05, 0.1) is 11.9 Å². The van der Waals surface area contributed by atoms with E-state index in [1.807, 2.05) is 0 Å². The highest BCUT2D eigenvalue weighted by Gasteiger charge is 2.48. The van der Waals surface area contributed by atoms with Crippen molar-refractivity contribution < 1.29 is 9.59 Å². The Hall–Kier alpha value is -1.67. The molecule has 6 N–H and O–H groups in total. The Balaban J connectivity index is 1.17. The second-order valence-corrected chi connectivity index (χ2v) is 13.0. The zero-order valence-electron chi connectivity index (χ0n) is 22.7. The van der Waals surface area contributed by atoms with E-state index >= 15 is 0 Å². The molecule has 2 amide bonds. The van der Waals surface area contributed by atoms with Gasteiger partial charge in [-0.2, -0.15) is 0 Å². The van der Waals surface area contributed by atoms with Crippen LogP contribution in [-0.2, 0) is 9.59 Å². The number of nitrogens with zero attached hydrogens (tertiary/aromatic N) is 2. The van der Waals surface area contributed by atoms with Gasteiger partial charge in [-0.1, -0.05) is 0 Å². The molecule has 0 bridgehead atoms. The molecule has 5 fully saturated rings. The fourth-order valence-corrected chi connectivity index (χ4v) is 8.46. The van der Waals surface area contributed by atoms with E-state index in [2.05, 4.69) is 15.1 Å². The van der Waals surface area contributed by atoms with Gasteiger partial charge in [0.25, 0.3) is 0 Å². The average molecular weight is 515 g/mol. The summed E-state index contributed by atoms with van der Waals surface area (Å²) in [5, 5.41) is 11.4. The molecule has 2 saturated heterocycles. The van der Waals surface area contributed by atoms with E-state index in [0.717, 1.165) is 70.5 Å². The van der Waals surface area contributed by atoms with Crippen molar-refractivity contribution in [3.8, 4) is 0 Å². The van der Waals surface area contributed by atoms with Gasteiger partial charge in [0.2, 0.25) is 11.8 Å². The van der Waals surface area contributed by atoms with Gasteiger partial charge in [0.1, 0.15) is 0 Å². The molecule has 0 spiro atoms.